The molecular weight excluding hydrogens is 401 g/mol. The Morgan fingerprint density at radius 3 is 2.44 bits per heavy atom. The van der Waals surface area contributed by atoms with Crippen LogP contribution in [0.25, 0.3) is 16.8 Å². The number of halogens is 1. The highest BCUT2D eigenvalue weighted by Crippen LogP contribution is 2.35. The summed E-state index contributed by atoms with van der Waals surface area (Å²) < 4.78 is 15.2. The molecule has 1 aliphatic carbocycles. The second kappa shape index (κ2) is 7.97. The molecule has 0 fully saturated rings. The summed E-state index contributed by atoms with van der Waals surface area (Å²) in [5.41, 5.74) is 7.35. The summed E-state index contributed by atoms with van der Waals surface area (Å²) in [5.74, 6) is 0.433. The molecule has 1 aliphatic rings. The van der Waals surface area contributed by atoms with Gasteiger partial charge in [0.25, 0.3) is 0 Å². The van der Waals surface area contributed by atoms with E-state index in [0.29, 0.717) is 24.3 Å². The molecule has 0 spiro atoms. The second-order valence-electron chi connectivity index (χ2n) is 8.90. The first kappa shape index (κ1) is 20.6. The zero-order valence-electron chi connectivity index (χ0n) is 18.6. The van der Waals surface area contributed by atoms with Crippen molar-refractivity contribution >= 4 is 11.4 Å². The Morgan fingerprint density at radius 2 is 1.78 bits per heavy atom. The van der Waals surface area contributed by atoms with Crippen LogP contribution < -0.4 is 0 Å². The molecule has 2 aromatic carbocycles. The van der Waals surface area contributed by atoms with E-state index in [9.17, 15) is 9.18 Å². The minimum absolute atomic E-state index is 0.107. The second-order valence-corrected chi connectivity index (χ2v) is 8.90. The SMILES string of the molecule is CCc1nn2cc3c(nc2c1-c1ccc(F)cc1)CC(c1ccc(C(C)C)cc1)CC3=O. The van der Waals surface area contributed by atoms with Crippen molar-refractivity contribution < 1.29 is 9.18 Å². The van der Waals surface area contributed by atoms with Gasteiger partial charge in [0.05, 0.1) is 17.0 Å². The van der Waals surface area contributed by atoms with Crippen LogP contribution in [0.1, 0.15) is 71.9 Å². The zero-order chi connectivity index (χ0) is 22.4. The molecule has 2 aromatic heterocycles. The molecule has 0 aliphatic heterocycles. The number of carbonyl (C=O) groups excluding carboxylic acids is 1. The third-order valence-electron chi connectivity index (χ3n) is 6.48. The number of hydrogen-bond acceptors (Lipinski definition) is 3. The summed E-state index contributed by atoms with van der Waals surface area (Å²) in [6.45, 7) is 6.40. The van der Waals surface area contributed by atoms with Gasteiger partial charge in [-0.05, 0) is 53.5 Å². The molecule has 32 heavy (non-hydrogen) atoms. The average Bonchev–Trinajstić information content (AvgIpc) is 3.16. The maximum atomic E-state index is 13.5. The van der Waals surface area contributed by atoms with Crippen LogP contribution in [0.15, 0.2) is 54.7 Å². The van der Waals surface area contributed by atoms with Crippen LogP contribution in [-0.4, -0.2) is 20.4 Å². The molecule has 0 N–H and O–H groups in total. The minimum atomic E-state index is -0.273. The van der Waals surface area contributed by atoms with Gasteiger partial charge in [-0.2, -0.15) is 5.10 Å². The standard InChI is InChI=1S/C27H26FN3O/c1-4-23-26(19-9-11-21(28)12-10-19)27-29-24-13-20(14-25(32)22(24)15-31(27)30-23)18-7-5-17(6-8-18)16(2)3/h5-12,15-16,20H,4,13-14H2,1-3H3. The van der Waals surface area contributed by atoms with E-state index in [1.807, 2.05) is 13.1 Å². The van der Waals surface area contributed by atoms with E-state index in [0.717, 1.165) is 34.6 Å². The van der Waals surface area contributed by atoms with E-state index >= 15 is 0 Å². The number of benzene rings is 2. The Kier molecular flexibility index (Phi) is 5.12. The number of aromatic nitrogens is 3. The van der Waals surface area contributed by atoms with E-state index in [4.69, 9.17) is 4.98 Å². The molecule has 162 valence electrons. The molecule has 1 atom stereocenters. The fraction of sp³-hybridized carbons (Fsp3) is 0.296. The Balaban J connectivity index is 1.58. The largest absolute Gasteiger partial charge is 0.294 e. The maximum absolute atomic E-state index is 13.5. The molecule has 0 radical (unpaired) electrons. The van der Waals surface area contributed by atoms with Crippen molar-refractivity contribution in [2.45, 2.75) is 51.9 Å². The van der Waals surface area contributed by atoms with Gasteiger partial charge in [0.15, 0.2) is 11.4 Å². The summed E-state index contributed by atoms with van der Waals surface area (Å²) in [6, 6.07) is 15.0. The van der Waals surface area contributed by atoms with Gasteiger partial charge < -0.3 is 0 Å². The summed E-state index contributed by atoms with van der Waals surface area (Å²) in [5, 5.41) is 4.68. The fourth-order valence-electron chi connectivity index (χ4n) is 4.63. The molecule has 5 heteroatoms. The molecule has 2 heterocycles. The summed E-state index contributed by atoms with van der Waals surface area (Å²) >= 11 is 0. The van der Waals surface area contributed by atoms with E-state index in [1.165, 1.54) is 23.3 Å². The Hall–Kier alpha value is -3.34. The normalized spacial score (nSPS) is 16.0. The van der Waals surface area contributed by atoms with Gasteiger partial charge in [-0.3, -0.25) is 4.79 Å². The predicted octanol–water partition coefficient (Wildman–Crippen LogP) is 6.13. The van der Waals surface area contributed by atoms with Gasteiger partial charge in [-0.15, -0.1) is 0 Å². The van der Waals surface area contributed by atoms with E-state index in [2.05, 4.69) is 43.2 Å². The third kappa shape index (κ3) is 3.52. The summed E-state index contributed by atoms with van der Waals surface area (Å²) in [4.78, 5) is 18.0. The molecule has 1 unspecified atom stereocenters. The molecule has 5 rings (SSSR count). The first-order chi connectivity index (χ1) is 15.4. The lowest BCUT2D eigenvalue weighted by molar-refractivity contribution is 0.0962. The predicted molar refractivity (Wildman–Crippen MR) is 124 cm³/mol. The average molecular weight is 428 g/mol. The number of aryl methyl sites for hydroxylation is 1. The summed E-state index contributed by atoms with van der Waals surface area (Å²) in [6.07, 6.45) is 3.74. The van der Waals surface area contributed by atoms with Crippen molar-refractivity contribution in [2.24, 2.45) is 0 Å². The first-order valence-electron chi connectivity index (χ1n) is 11.2. The number of hydrogen-bond donors (Lipinski definition) is 0. The highest BCUT2D eigenvalue weighted by molar-refractivity contribution is 5.99. The van der Waals surface area contributed by atoms with Crippen LogP contribution in [0, 0.1) is 5.82 Å². The van der Waals surface area contributed by atoms with Crippen LogP contribution >= 0.6 is 0 Å². The molecule has 0 saturated carbocycles. The van der Waals surface area contributed by atoms with E-state index < -0.39 is 0 Å². The Bertz CT molecular complexity index is 1300. The zero-order valence-corrected chi connectivity index (χ0v) is 18.6. The summed E-state index contributed by atoms with van der Waals surface area (Å²) in [7, 11) is 0. The smallest absolute Gasteiger partial charge is 0.166 e. The van der Waals surface area contributed by atoms with Crippen LogP contribution in [0.3, 0.4) is 0 Å². The van der Waals surface area contributed by atoms with Crippen LogP contribution in [0.2, 0.25) is 0 Å². The Labute approximate surface area is 187 Å². The van der Waals surface area contributed by atoms with Gasteiger partial charge in [-0.1, -0.05) is 57.2 Å². The van der Waals surface area contributed by atoms with Crippen LogP contribution in [0.5, 0.6) is 0 Å². The number of ketones is 1. The number of nitrogens with zero attached hydrogens (tertiary/aromatic N) is 3. The van der Waals surface area contributed by atoms with Crippen molar-refractivity contribution in [3.05, 3.63) is 88.6 Å². The van der Waals surface area contributed by atoms with Gasteiger partial charge >= 0.3 is 0 Å². The quantitative estimate of drug-likeness (QED) is 0.393. The minimum Gasteiger partial charge on any atom is -0.294 e. The monoisotopic (exact) mass is 427 g/mol. The van der Waals surface area contributed by atoms with Crippen LogP contribution in [-0.2, 0) is 12.8 Å². The topological polar surface area (TPSA) is 47.3 Å². The number of fused-ring (bicyclic) bond motifs is 2. The van der Waals surface area contributed by atoms with Crippen molar-refractivity contribution in [1.82, 2.24) is 14.6 Å². The lowest BCUT2D eigenvalue weighted by Crippen LogP contribution is -2.21. The van der Waals surface area contributed by atoms with Crippen LogP contribution in [0.4, 0.5) is 4.39 Å². The lowest BCUT2D eigenvalue weighted by atomic mass is 9.81. The van der Waals surface area contributed by atoms with Gasteiger partial charge in [0.2, 0.25) is 0 Å². The van der Waals surface area contributed by atoms with Crippen molar-refractivity contribution in [3.63, 3.8) is 0 Å². The lowest BCUT2D eigenvalue weighted by Gasteiger charge is -2.23. The number of rotatable bonds is 4. The number of Topliss-reactive ketones (excluding diaryl/α,β-unsaturated/α-hetero) is 1. The van der Waals surface area contributed by atoms with E-state index in [1.54, 1.807) is 16.6 Å². The van der Waals surface area contributed by atoms with E-state index in [-0.39, 0.29) is 17.5 Å². The van der Waals surface area contributed by atoms with Gasteiger partial charge in [-0.25, -0.2) is 13.9 Å². The molecular formula is C27H26FN3O. The maximum Gasteiger partial charge on any atom is 0.166 e. The highest BCUT2D eigenvalue weighted by atomic mass is 19.1. The van der Waals surface area contributed by atoms with Crippen molar-refractivity contribution in [2.75, 3.05) is 0 Å². The number of carbonyl (C=O) groups is 1. The highest BCUT2D eigenvalue weighted by Gasteiger charge is 2.29. The molecule has 4 aromatic rings. The third-order valence-corrected chi connectivity index (χ3v) is 6.48. The fourth-order valence-corrected chi connectivity index (χ4v) is 4.63. The van der Waals surface area contributed by atoms with Crippen molar-refractivity contribution in [1.29, 1.82) is 0 Å². The molecule has 0 bridgehead atoms. The molecule has 0 saturated heterocycles. The molecule has 4 nitrogen and oxygen atoms in total. The van der Waals surface area contributed by atoms with Crippen molar-refractivity contribution in [3.8, 4) is 11.1 Å². The van der Waals surface area contributed by atoms with Gasteiger partial charge in [0.1, 0.15) is 5.82 Å². The Morgan fingerprint density at radius 1 is 1.06 bits per heavy atom. The van der Waals surface area contributed by atoms with Gasteiger partial charge in [0, 0.05) is 18.2 Å². The molecule has 0 amide bonds. The first-order valence-corrected chi connectivity index (χ1v) is 11.2.